The third kappa shape index (κ3) is 4.39. The molecule has 3 aromatic rings. The normalized spacial score (nSPS) is 19.2. The van der Waals surface area contributed by atoms with Crippen LogP contribution < -0.4 is 5.56 Å². The molecule has 1 aromatic heterocycles. The number of carbonyl (C=O) groups excluding carboxylic acids is 1. The van der Waals surface area contributed by atoms with Crippen LogP contribution in [0, 0.1) is 0 Å². The van der Waals surface area contributed by atoms with Gasteiger partial charge in [0.25, 0.3) is 11.5 Å². The van der Waals surface area contributed by atoms with E-state index in [4.69, 9.17) is 11.6 Å². The molecule has 8 heteroatoms. The standard InChI is InChI=1S/C26H29ClN2O4S/c1-4-29(18-13-11-16(12-14-18)17-7-5-8-19(15-17)34(3)33)26(32)23-24(30)22-20(27)9-6-10-21(22)28(2)25(23)31/h5-10,15-16,18,30H,4,11-14H2,1-3H3. The van der Waals surface area contributed by atoms with Gasteiger partial charge in [0.15, 0.2) is 0 Å². The van der Waals surface area contributed by atoms with Gasteiger partial charge in [-0.15, -0.1) is 0 Å². The van der Waals surface area contributed by atoms with Crippen LogP contribution >= 0.6 is 11.6 Å². The molecular formula is C26H29ClN2O4S. The number of pyridine rings is 1. The van der Waals surface area contributed by atoms with E-state index in [9.17, 15) is 18.9 Å². The van der Waals surface area contributed by atoms with Crippen molar-refractivity contribution in [2.24, 2.45) is 7.05 Å². The monoisotopic (exact) mass is 500 g/mol. The molecule has 1 atom stereocenters. The van der Waals surface area contributed by atoms with E-state index in [0.717, 1.165) is 30.6 Å². The van der Waals surface area contributed by atoms with Crippen LogP contribution in [0.4, 0.5) is 0 Å². The molecule has 1 saturated carbocycles. The molecule has 1 amide bonds. The Hall–Kier alpha value is -2.64. The lowest BCUT2D eigenvalue weighted by Gasteiger charge is -2.36. The molecule has 1 fully saturated rings. The molecule has 180 valence electrons. The molecule has 1 aliphatic carbocycles. The highest BCUT2D eigenvalue weighted by Crippen LogP contribution is 2.37. The van der Waals surface area contributed by atoms with Crippen molar-refractivity contribution in [3.05, 3.63) is 69.0 Å². The Labute approximate surface area is 206 Å². The average molecular weight is 501 g/mol. The van der Waals surface area contributed by atoms with E-state index in [1.54, 1.807) is 36.4 Å². The number of hydrogen-bond acceptors (Lipinski definition) is 4. The summed E-state index contributed by atoms with van der Waals surface area (Å²) in [5.74, 6) is -0.478. The molecule has 2 aromatic carbocycles. The van der Waals surface area contributed by atoms with Gasteiger partial charge in [0.2, 0.25) is 0 Å². The highest BCUT2D eigenvalue weighted by Gasteiger charge is 2.32. The summed E-state index contributed by atoms with van der Waals surface area (Å²) in [6, 6.07) is 12.9. The van der Waals surface area contributed by atoms with Gasteiger partial charge in [-0.1, -0.05) is 29.8 Å². The van der Waals surface area contributed by atoms with Crippen LogP contribution in [-0.4, -0.2) is 43.5 Å². The van der Waals surface area contributed by atoms with E-state index >= 15 is 0 Å². The Kier molecular flexibility index (Phi) is 7.14. The molecule has 0 aliphatic heterocycles. The van der Waals surface area contributed by atoms with Crippen LogP contribution in [0.2, 0.25) is 5.02 Å². The number of amides is 1. The number of aromatic hydroxyl groups is 1. The Bertz CT molecular complexity index is 1330. The zero-order valence-corrected chi connectivity index (χ0v) is 21.2. The highest BCUT2D eigenvalue weighted by atomic mass is 35.5. The van der Waals surface area contributed by atoms with Gasteiger partial charge in [-0.05, 0) is 68.4 Å². The first-order valence-corrected chi connectivity index (χ1v) is 13.4. The fraction of sp³-hybridized carbons (Fsp3) is 0.385. The number of aryl methyl sites for hydroxylation is 1. The molecule has 4 rings (SSSR count). The van der Waals surface area contributed by atoms with Crippen molar-refractivity contribution in [3.8, 4) is 5.75 Å². The third-order valence-corrected chi connectivity index (χ3v) is 8.19. The average Bonchev–Trinajstić information content (AvgIpc) is 2.83. The lowest BCUT2D eigenvalue weighted by atomic mass is 9.81. The van der Waals surface area contributed by atoms with E-state index in [1.165, 1.54) is 10.1 Å². The van der Waals surface area contributed by atoms with Crippen molar-refractivity contribution >= 4 is 39.2 Å². The Morgan fingerprint density at radius 2 is 1.85 bits per heavy atom. The summed E-state index contributed by atoms with van der Waals surface area (Å²) < 4.78 is 13.2. The van der Waals surface area contributed by atoms with Crippen LogP contribution in [0.25, 0.3) is 10.9 Å². The summed E-state index contributed by atoms with van der Waals surface area (Å²) in [6.07, 6.45) is 5.04. The molecule has 0 spiro atoms. The van der Waals surface area contributed by atoms with Gasteiger partial charge < -0.3 is 14.6 Å². The predicted molar refractivity (Wildman–Crippen MR) is 136 cm³/mol. The van der Waals surface area contributed by atoms with Crippen molar-refractivity contribution < 1.29 is 14.1 Å². The van der Waals surface area contributed by atoms with Crippen LogP contribution in [0.3, 0.4) is 0 Å². The van der Waals surface area contributed by atoms with Crippen molar-refractivity contribution in [3.63, 3.8) is 0 Å². The smallest absolute Gasteiger partial charge is 0.267 e. The van der Waals surface area contributed by atoms with E-state index < -0.39 is 22.3 Å². The molecule has 1 heterocycles. The van der Waals surface area contributed by atoms with E-state index in [0.29, 0.717) is 28.4 Å². The van der Waals surface area contributed by atoms with Gasteiger partial charge >= 0.3 is 0 Å². The largest absolute Gasteiger partial charge is 0.506 e. The van der Waals surface area contributed by atoms with Gasteiger partial charge in [0.1, 0.15) is 11.3 Å². The van der Waals surface area contributed by atoms with Gasteiger partial charge in [0.05, 0.1) is 15.9 Å². The third-order valence-electron chi connectivity index (χ3n) is 6.96. The van der Waals surface area contributed by atoms with Crippen molar-refractivity contribution in [2.75, 3.05) is 12.8 Å². The van der Waals surface area contributed by atoms with Crippen LogP contribution in [0.5, 0.6) is 5.75 Å². The molecule has 1 aliphatic rings. The molecule has 0 radical (unpaired) electrons. The Balaban J connectivity index is 1.60. The second-order valence-electron chi connectivity index (χ2n) is 8.84. The van der Waals surface area contributed by atoms with E-state index in [1.807, 2.05) is 25.1 Å². The maximum atomic E-state index is 13.6. The number of fused-ring (bicyclic) bond motifs is 1. The first-order valence-electron chi connectivity index (χ1n) is 11.5. The topological polar surface area (TPSA) is 79.6 Å². The number of hydrogen-bond donors (Lipinski definition) is 1. The zero-order chi connectivity index (χ0) is 24.6. The Morgan fingerprint density at radius 3 is 2.50 bits per heavy atom. The number of benzene rings is 2. The van der Waals surface area contributed by atoms with Gasteiger partial charge in [0, 0.05) is 41.6 Å². The SMILES string of the molecule is CCN(C(=O)c1c(O)c2c(Cl)cccc2n(C)c1=O)C1CCC(c2cccc(S(C)=O)c2)CC1. The molecular weight excluding hydrogens is 472 g/mol. The van der Waals surface area contributed by atoms with Crippen LogP contribution in [-0.2, 0) is 17.8 Å². The van der Waals surface area contributed by atoms with Gasteiger partial charge in [-0.25, -0.2) is 0 Å². The second kappa shape index (κ2) is 9.92. The van der Waals surface area contributed by atoms with Crippen molar-refractivity contribution in [1.29, 1.82) is 0 Å². The first kappa shape index (κ1) is 24.5. The number of aromatic nitrogens is 1. The molecule has 34 heavy (non-hydrogen) atoms. The zero-order valence-electron chi connectivity index (χ0n) is 19.6. The van der Waals surface area contributed by atoms with E-state index in [2.05, 4.69) is 6.07 Å². The molecule has 0 saturated heterocycles. The number of nitrogens with zero attached hydrogens (tertiary/aromatic N) is 2. The minimum atomic E-state index is -1.02. The number of halogens is 1. The van der Waals surface area contributed by atoms with Gasteiger partial charge in [-0.3, -0.25) is 13.8 Å². The lowest BCUT2D eigenvalue weighted by molar-refractivity contribution is 0.0635. The maximum Gasteiger partial charge on any atom is 0.267 e. The molecule has 1 unspecified atom stereocenters. The number of carbonyl (C=O) groups is 1. The predicted octanol–water partition coefficient (Wildman–Crippen LogP) is 4.82. The molecule has 6 nitrogen and oxygen atoms in total. The summed E-state index contributed by atoms with van der Waals surface area (Å²) in [5.41, 5.74) is 0.889. The summed E-state index contributed by atoms with van der Waals surface area (Å²) in [6.45, 7) is 2.32. The quantitative estimate of drug-likeness (QED) is 0.544. The van der Waals surface area contributed by atoms with Crippen LogP contribution in [0.15, 0.2) is 52.2 Å². The summed E-state index contributed by atoms with van der Waals surface area (Å²) in [5, 5.41) is 11.5. The minimum Gasteiger partial charge on any atom is -0.506 e. The Morgan fingerprint density at radius 1 is 1.18 bits per heavy atom. The summed E-state index contributed by atoms with van der Waals surface area (Å²) >= 11 is 6.31. The van der Waals surface area contributed by atoms with E-state index in [-0.39, 0.29) is 17.4 Å². The van der Waals surface area contributed by atoms with Crippen LogP contribution in [0.1, 0.15) is 54.4 Å². The fourth-order valence-corrected chi connectivity index (χ4v) is 5.93. The minimum absolute atomic E-state index is 0.0247. The number of rotatable bonds is 5. The molecule has 1 N–H and O–H groups in total. The first-order chi connectivity index (χ1) is 16.2. The second-order valence-corrected chi connectivity index (χ2v) is 10.6. The van der Waals surface area contributed by atoms with Gasteiger partial charge in [-0.2, -0.15) is 0 Å². The van der Waals surface area contributed by atoms with Crippen molar-refractivity contribution in [1.82, 2.24) is 9.47 Å². The fourth-order valence-electron chi connectivity index (χ4n) is 5.10. The summed E-state index contributed by atoms with van der Waals surface area (Å²) in [7, 11) is 0.557. The molecule has 0 bridgehead atoms. The summed E-state index contributed by atoms with van der Waals surface area (Å²) in [4.78, 5) is 29.2. The highest BCUT2D eigenvalue weighted by molar-refractivity contribution is 7.84. The van der Waals surface area contributed by atoms with Crippen molar-refractivity contribution in [2.45, 2.75) is 49.5 Å². The maximum absolute atomic E-state index is 13.6. The lowest BCUT2D eigenvalue weighted by Crippen LogP contribution is -2.44.